The summed E-state index contributed by atoms with van der Waals surface area (Å²) in [5.41, 5.74) is 1.39. The lowest BCUT2D eigenvalue weighted by atomic mass is 10.1. The minimum Gasteiger partial charge on any atom is -0.357 e. The number of guanidine groups is 1. The van der Waals surface area contributed by atoms with E-state index in [1.807, 2.05) is 18.5 Å². The summed E-state index contributed by atoms with van der Waals surface area (Å²) in [6.45, 7) is 11.2. The Morgan fingerprint density at radius 1 is 1.06 bits per heavy atom. The number of piperazine rings is 1. The highest BCUT2D eigenvalue weighted by molar-refractivity contribution is 14.0. The van der Waals surface area contributed by atoms with Crippen molar-refractivity contribution in [2.24, 2.45) is 4.99 Å². The third-order valence-electron chi connectivity index (χ3n) is 5.55. The van der Waals surface area contributed by atoms with Gasteiger partial charge in [0.1, 0.15) is 0 Å². The Balaban J connectivity index is 0.00000363. The highest BCUT2D eigenvalue weighted by Gasteiger charge is 2.18. The largest absolute Gasteiger partial charge is 0.357 e. The first-order valence-electron chi connectivity index (χ1n) is 11.6. The Bertz CT molecular complexity index is 764. The van der Waals surface area contributed by atoms with Gasteiger partial charge in [0.15, 0.2) is 5.96 Å². The lowest BCUT2D eigenvalue weighted by Gasteiger charge is -2.34. The van der Waals surface area contributed by atoms with Gasteiger partial charge in [-0.15, -0.1) is 24.0 Å². The third-order valence-corrected chi connectivity index (χ3v) is 5.55. The second-order valence-corrected chi connectivity index (χ2v) is 8.06. The van der Waals surface area contributed by atoms with Gasteiger partial charge in [-0.1, -0.05) is 30.3 Å². The molecule has 0 bridgehead atoms. The van der Waals surface area contributed by atoms with E-state index in [9.17, 15) is 0 Å². The molecule has 7 nitrogen and oxygen atoms in total. The summed E-state index contributed by atoms with van der Waals surface area (Å²) in [5, 5.41) is 6.93. The molecule has 3 rings (SSSR count). The van der Waals surface area contributed by atoms with Gasteiger partial charge in [0.25, 0.3) is 0 Å². The van der Waals surface area contributed by atoms with Gasteiger partial charge in [-0.05, 0) is 44.7 Å². The van der Waals surface area contributed by atoms with Crippen LogP contribution in [0.15, 0.2) is 53.8 Å². The summed E-state index contributed by atoms with van der Waals surface area (Å²) >= 11 is 0. The zero-order chi connectivity index (χ0) is 21.7. The van der Waals surface area contributed by atoms with E-state index in [1.54, 1.807) is 0 Å². The summed E-state index contributed by atoms with van der Waals surface area (Å²) < 4.78 is 0. The van der Waals surface area contributed by atoms with Gasteiger partial charge in [-0.2, -0.15) is 0 Å². The lowest BCUT2D eigenvalue weighted by molar-refractivity contribution is 0.255. The van der Waals surface area contributed by atoms with Gasteiger partial charge in [0.2, 0.25) is 5.95 Å². The zero-order valence-electron chi connectivity index (χ0n) is 19.4. The smallest absolute Gasteiger partial charge is 0.225 e. The quantitative estimate of drug-likeness (QED) is 0.205. The maximum atomic E-state index is 4.79. The SMILES string of the molecule is CCNC(=NCCCN1CCN(c2ncccn2)CC1)NC(C)CCc1ccccc1.I. The highest BCUT2D eigenvalue weighted by atomic mass is 127. The van der Waals surface area contributed by atoms with Crippen LogP contribution in [-0.4, -0.2) is 72.7 Å². The number of hydrogen-bond acceptors (Lipinski definition) is 5. The summed E-state index contributed by atoms with van der Waals surface area (Å²) in [6, 6.07) is 12.9. The van der Waals surface area contributed by atoms with Crippen LogP contribution in [0, 0.1) is 0 Å². The van der Waals surface area contributed by atoms with E-state index in [1.165, 1.54) is 5.56 Å². The standard InChI is InChI=1S/C24H37N7.HI/c1-3-25-23(29-21(2)11-12-22-9-5-4-6-10-22)26-15-8-16-30-17-19-31(20-18-30)24-27-13-7-14-28-24;/h4-7,9-10,13-14,21H,3,8,11-12,15-20H2,1-2H3,(H2,25,26,29);1H. The molecule has 2 aromatic rings. The first kappa shape index (κ1) is 26.3. The summed E-state index contributed by atoms with van der Waals surface area (Å²) in [4.78, 5) is 18.3. The molecule has 8 heteroatoms. The second-order valence-electron chi connectivity index (χ2n) is 8.06. The van der Waals surface area contributed by atoms with Crippen molar-refractivity contribution in [1.82, 2.24) is 25.5 Å². The monoisotopic (exact) mass is 551 g/mol. The van der Waals surface area contributed by atoms with Crippen molar-refractivity contribution in [3.8, 4) is 0 Å². The number of halogens is 1. The Kier molecular flexibility index (Phi) is 12.3. The van der Waals surface area contributed by atoms with Crippen molar-refractivity contribution in [3.05, 3.63) is 54.4 Å². The zero-order valence-corrected chi connectivity index (χ0v) is 21.7. The molecule has 1 aromatic heterocycles. The van der Waals surface area contributed by atoms with E-state index in [0.717, 1.165) is 77.0 Å². The van der Waals surface area contributed by atoms with Crippen LogP contribution in [-0.2, 0) is 6.42 Å². The number of nitrogens with one attached hydrogen (secondary N) is 2. The fraction of sp³-hybridized carbons (Fsp3) is 0.542. The molecular weight excluding hydrogens is 513 g/mol. The minimum absolute atomic E-state index is 0. The van der Waals surface area contributed by atoms with E-state index in [-0.39, 0.29) is 24.0 Å². The number of rotatable bonds is 10. The first-order valence-corrected chi connectivity index (χ1v) is 11.6. The average Bonchev–Trinajstić information content (AvgIpc) is 2.82. The summed E-state index contributed by atoms with van der Waals surface area (Å²) in [6.07, 6.45) is 6.85. The van der Waals surface area contributed by atoms with Gasteiger partial charge in [-0.3, -0.25) is 9.89 Å². The van der Waals surface area contributed by atoms with Crippen LogP contribution >= 0.6 is 24.0 Å². The first-order chi connectivity index (χ1) is 15.2. The number of nitrogens with zero attached hydrogens (tertiary/aromatic N) is 5. The lowest BCUT2D eigenvalue weighted by Crippen LogP contribution is -2.47. The molecule has 1 fully saturated rings. The predicted octanol–water partition coefficient (Wildman–Crippen LogP) is 3.18. The highest BCUT2D eigenvalue weighted by Crippen LogP contribution is 2.10. The Morgan fingerprint density at radius 2 is 1.78 bits per heavy atom. The molecule has 1 aliphatic rings. The van der Waals surface area contributed by atoms with Crippen LogP contribution in [0.5, 0.6) is 0 Å². The number of aromatic nitrogens is 2. The summed E-state index contributed by atoms with van der Waals surface area (Å²) in [5.74, 6) is 1.77. The maximum Gasteiger partial charge on any atom is 0.225 e. The van der Waals surface area contributed by atoms with Gasteiger partial charge < -0.3 is 15.5 Å². The van der Waals surface area contributed by atoms with E-state index < -0.39 is 0 Å². The number of hydrogen-bond donors (Lipinski definition) is 2. The van der Waals surface area contributed by atoms with Crippen molar-refractivity contribution in [2.45, 2.75) is 39.2 Å². The molecule has 1 saturated heterocycles. The van der Waals surface area contributed by atoms with E-state index in [2.05, 4.69) is 74.6 Å². The molecule has 1 atom stereocenters. The second kappa shape index (κ2) is 15.0. The topological polar surface area (TPSA) is 68.7 Å². The van der Waals surface area contributed by atoms with Crippen molar-refractivity contribution < 1.29 is 0 Å². The molecule has 2 heterocycles. The van der Waals surface area contributed by atoms with Crippen LogP contribution in [0.2, 0.25) is 0 Å². The molecule has 2 N–H and O–H groups in total. The van der Waals surface area contributed by atoms with Crippen molar-refractivity contribution in [1.29, 1.82) is 0 Å². The van der Waals surface area contributed by atoms with Crippen molar-refractivity contribution in [2.75, 3.05) is 50.7 Å². The van der Waals surface area contributed by atoms with E-state index in [4.69, 9.17) is 4.99 Å². The van der Waals surface area contributed by atoms with E-state index >= 15 is 0 Å². The fourth-order valence-electron chi connectivity index (χ4n) is 3.76. The molecule has 0 spiro atoms. The molecule has 1 unspecified atom stereocenters. The average molecular weight is 552 g/mol. The molecule has 1 aliphatic heterocycles. The molecule has 0 radical (unpaired) electrons. The van der Waals surface area contributed by atoms with Gasteiger partial charge in [0, 0.05) is 64.2 Å². The normalized spacial score (nSPS) is 15.7. The molecule has 0 saturated carbocycles. The van der Waals surface area contributed by atoms with Crippen LogP contribution < -0.4 is 15.5 Å². The minimum atomic E-state index is 0. The molecule has 0 amide bonds. The van der Waals surface area contributed by atoms with Crippen LogP contribution in [0.3, 0.4) is 0 Å². The van der Waals surface area contributed by atoms with Crippen molar-refractivity contribution in [3.63, 3.8) is 0 Å². The van der Waals surface area contributed by atoms with Gasteiger partial charge in [0.05, 0.1) is 0 Å². The number of anilines is 1. The van der Waals surface area contributed by atoms with Crippen LogP contribution in [0.4, 0.5) is 5.95 Å². The van der Waals surface area contributed by atoms with Crippen molar-refractivity contribution >= 4 is 35.9 Å². The molecule has 1 aromatic carbocycles. The maximum absolute atomic E-state index is 4.79. The number of aryl methyl sites for hydroxylation is 1. The molecular formula is C24H38IN7. The molecule has 0 aliphatic carbocycles. The number of benzene rings is 1. The van der Waals surface area contributed by atoms with Gasteiger partial charge in [-0.25, -0.2) is 9.97 Å². The Morgan fingerprint density at radius 3 is 2.47 bits per heavy atom. The third kappa shape index (κ3) is 9.28. The molecule has 176 valence electrons. The van der Waals surface area contributed by atoms with E-state index in [0.29, 0.717) is 6.04 Å². The Hall–Kier alpha value is -1.94. The van der Waals surface area contributed by atoms with Crippen LogP contribution in [0.25, 0.3) is 0 Å². The predicted molar refractivity (Wildman–Crippen MR) is 144 cm³/mol. The van der Waals surface area contributed by atoms with Crippen LogP contribution in [0.1, 0.15) is 32.3 Å². The Labute approximate surface area is 210 Å². The van der Waals surface area contributed by atoms with Gasteiger partial charge >= 0.3 is 0 Å². The number of aliphatic imine (C=N–C) groups is 1. The summed E-state index contributed by atoms with van der Waals surface area (Å²) in [7, 11) is 0. The fourth-order valence-corrected chi connectivity index (χ4v) is 3.76. The molecule has 32 heavy (non-hydrogen) atoms.